The Balaban J connectivity index is 2.19. The van der Waals surface area contributed by atoms with Crippen molar-refractivity contribution in [3.63, 3.8) is 0 Å². The zero-order chi connectivity index (χ0) is 13.9. The molecule has 2 unspecified atom stereocenters. The first-order valence-corrected chi connectivity index (χ1v) is 6.15. The highest BCUT2D eigenvalue weighted by Gasteiger charge is 2.39. The van der Waals surface area contributed by atoms with Gasteiger partial charge in [0.15, 0.2) is 0 Å². The zero-order valence-corrected chi connectivity index (χ0v) is 10.6. The predicted octanol–water partition coefficient (Wildman–Crippen LogP) is 1.48. The van der Waals surface area contributed by atoms with Crippen LogP contribution in [0.15, 0.2) is 43.0 Å². The topological polar surface area (TPSA) is 55.1 Å². The van der Waals surface area contributed by atoms with Crippen molar-refractivity contribution < 1.29 is 9.18 Å². The second-order valence-electron chi connectivity index (χ2n) is 4.80. The monoisotopic (exact) mass is 260 g/mol. The highest BCUT2D eigenvalue weighted by Crippen LogP contribution is 2.30. The van der Waals surface area contributed by atoms with E-state index in [1.165, 1.54) is 6.07 Å². The van der Waals surface area contributed by atoms with Crippen LogP contribution in [0.4, 0.5) is 4.39 Å². The molecule has 2 atom stereocenters. The smallest absolute Gasteiger partial charge is 0.140 e. The van der Waals surface area contributed by atoms with Crippen LogP contribution in [-0.2, 0) is 17.6 Å². The van der Waals surface area contributed by atoms with Gasteiger partial charge in [-0.15, -0.1) is 0 Å². The number of carbonyl (C=O) groups excluding carboxylic acids is 1. The average Bonchev–Trinajstić information content (AvgIpc) is 2.77. The molecule has 0 saturated heterocycles. The van der Waals surface area contributed by atoms with E-state index in [0.717, 1.165) is 11.8 Å². The highest BCUT2D eigenvalue weighted by atomic mass is 19.1. The maximum absolute atomic E-state index is 13.7. The van der Waals surface area contributed by atoms with E-state index in [0.29, 0.717) is 18.4 Å². The Labute approximate surface area is 112 Å². The number of hydrogen-bond donors (Lipinski definition) is 2. The van der Waals surface area contributed by atoms with Crippen molar-refractivity contribution in [2.75, 3.05) is 0 Å². The van der Waals surface area contributed by atoms with Crippen LogP contribution >= 0.6 is 0 Å². The molecule has 0 heterocycles. The van der Waals surface area contributed by atoms with Crippen LogP contribution in [0, 0.1) is 5.82 Å². The lowest BCUT2D eigenvalue weighted by Gasteiger charge is -2.26. The minimum atomic E-state index is -0.824. The van der Waals surface area contributed by atoms with E-state index in [-0.39, 0.29) is 5.82 Å². The molecule has 100 valence electrons. The van der Waals surface area contributed by atoms with Crippen LogP contribution in [0.1, 0.15) is 11.1 Å². The van der Waals surface area contributed by atoms with Crippen molar-refractivity contribution in [3.05, 3.63) is 60.0 Å². The molecular weight excluding hydrogens is 243 g/mol. The second kappa shape index (κ2) is 5.47. The molecule has 1 aliphatic rings. The first-order chi connectivity index (χ1) is 9.10. The molecule has 0 amide bonds. The molecule has 0 spiro atoms. The number of hydrogen-bond acceptors (Lipinski definition) is 3. The van der Waals surface area contributed by atoms with Gasteiger partial charge < -0.3 is 10.5 Å². The van der Waals surface area contributed by atoms with E-state index in [1.807, 2.05) is 6.07 Å². The minimum Gasteiger partial charge on any atom is -0.313 e. The summed E-state index contributed by atoms with van der Waals surface area (Å²) in [6.45, 7) is 3.56. The number of carbonyl (C=O) groups is 1. The van der Waals surface area contributed by atoms with Crippen molar-refractivity contribution in [3.8, 4) is 0 Å². The quantitative estimate of drug-likeness (QED) is 0.479. The largest absolute Gasteiger partial charge is 0.313 e. The molecule has 0 radical (unpaired) electrons. The lowest BCUT2D eigenvalue weighted by atomic mass is 9.97. The molecule has 3 nitrogen and oxygen atoms in total. The Morgan fingerprint density at radius 1 is 1.47 bits per heavy atom. The number of nitrogens with one attached hydrogen (secondary N) is 1. The van der Waals surface area contributed by atoms with E-state index >= 15 is 0 Å². The summed E-state index contributed by atoms with van der Waals surface area (Å²) in [7, 11) is 0. The SMILES string of the molecule is C=C/C=C\C(N)NC1(C=O)Cc2cccc(F)c2C1. The van der Waals surface area contributed by atoms with Crippen LogP contribution in [0.5, 0.6) is 0 Å². The van der Waals surface area contributed by atoms with Gasteiger partial charge in [0, 0.05) is 6.42 Å². The lowest BCUT2D eigenvalue weighted by Crippen LogP contribution is -2.55. The number of aldehydes is 1. The van der Waals surface area contributed by atoms with Crippen molar-refractivity contribution in [1.29, 1.82) is 0 Å². The third-order valence-electron chi connectivity index (χ3n) is 3.35. The van der Waals surface area contributed by atoms with E-state index < -0.39 is 11.7 Å². The molecule has 1 aliphatic carbocycles. The number of nitrogens with two attached hydrogens (primary N) is 1. The maximum atomic E-state index is 13.7. The molecule has 0 bridgehead atoms. The van der Waals surface area contributed by atoms with Gasteiger partial charge in [-0.3, -0.25) is 5.32 Å². The fraction of sp³-hybridized carbons (Fsp3) is 0.267. The fourth-order valence-corrected chi connectivity index (χ4v) is 2.48. The Bertz CT molecular complexity index is 527. The Morgan fingerprint density at radius 3 is 2.89 bits per heavy atom. The fourth-order valence-electron chi connectivity index (χ4n) is 2.48. The number of allylic oxidation sites excluding steroid dienone is 2. The third kappa shape index (κ3) is 2.80. The summed E-state index contributed by atoms with van der Waals surface area (Å²) in [4.78, 5) is 11.4. The lowest BCUT2D eigenvalue weighted by molar-refractivity contribution is -0.113. The van der Waals surface area contributed by atoms with Gasteiger partial charge in [0.1, 0.15) is 12.1 Å². The van der Waals surface area contributed by atoms with Gasteiger partial charge in [-0.2, -0.15) is 0 Å². The summed E-state index contributed by atoms with van der Waals surface area (Å²) < 4.78 is 13.7. The molecule has 0 aromatic heterocycles. The molecule has 0 aliphatic heterocycles. The van der Waals surface area contributed by atoms with Crippen molar-refractivity contribution >= 4 is 6.29 Å². The van der Waals surface area contributed by atoms with Gasteiger partial charge in [0.2, 0.25) is 0 Å². The number of rotatable bonds is 5. The van der Waals surface area contributed by atoms with E-state index in [9.17, 15) is 9.18 Å². The van der Waals surface area contributed by atoms with Crippen LogP contribution in [0.25, 0.3) is 0 Å². The van der Waals surface area contributed by atoms with Crippen molar-refractivity contribution in [2.24, 2.45) is 5.73 Å². The van der Waals surface area contributed by atoms with Crippen LogP contribution in [0.3, 0.4) is 0 Å². The van der Waals surface area contributed by atoms with Gasteiger partial charge in [-0.1, -0.05) is 36.9 Å². The molecule has 19 heavy (non-hydrogen) atoms. The molecular formula is C15H17FN2O. The number of benzene rings is 1. The molecule has 1 aromatic rings. The molecule has 0 saturated carbocycles. The van der Waals surface area contributed by atoms with Gasteiger partial charge >= 0.3 is 0 Å². The standard InChI is InChI=1S/C15H17FN2O/c1-2-3-7-14(17)18-15(10-19)8-11-5-4-6-13(16)12(11)9-15/h2-7,10,14,18H,1,8-9,17H2/b7-3-. The summed E-state index contributed by atoms with van der Waals surface area (Å²) in [6, 6.07) is 4.92. The average molecular weight is 260 g/mol. The van der Waals surface area contributed by atoms with Crippen LogP contribution in [0.2, 0.25) is 0 Å². The molecule has 0 fully saturated rings. The first kappa shape index (κ1) is 13.6. The summed E-state index contributed by atoms with van der Waals surface area (Å²) in [5.74, 6) is -0.266. The van der Waals surface area contributed by atoms with Gasteiger partial charge in [-0.25, -0.2) is 4.39 Å². The van der Waals surface area contributed by atoms with Gasteiger partial charge in [-0.05, 0) is 23.6 Å². The molecule has 4 heteroatoms. The molecule has 1 aromatic carbocycles. The second-order valence-corrected chi connectivity index (χ2v) is 4.80. The molecule has 2 rings (SSSR count). The van der Waals surface area contributed by atoms with Crippen molar-refractivity contribution in [1.82, 2.24) is 5.32 Å². The van der Waals surface area contributed by atoms with Crippen LogP contribution in [-0.4, -0.2) is 18.0 Å². The Hall–Kier alpha value is -1.78. The van der Waals surface area contributed by atoms with Gasteiger partial charge in [0.25, 0.3) is 0 Å². The summed E-state index contributed by atoms with van der Waals surface area (Å²) >= 11 is 0. The van der Waals surface area contributed by atoms with E-state index in [2.05, 4.69) is 11.9 Å². The van der Waals surface area contributed by atoms with Crippen molar-refractivity contribution in [2.45, 2.75) is 24.5 Å². The Morgan fingerprint density at radius 2 is 2.26 bits per heavy atom. The Kier molecular flexibility index (Phi) is 3.93. The third-order valence-corrected chi connectivity index (χ3v) is 3.35. The van der Waals surface area contributed by atoms with E-state index in [1.54, 1.807) is 24.3 Å². The molecule has 3 N–H and O–H groups in total. The first-order valence-electron chi connectivity index (χ1n) is 6.15. The summed E-state index contributed by atoms with van der Waals surface area (Å²) in [5, 5.41) is 3.06. The normalized spacial score (nSPS) is 23.3. The van der Waals surface area contributed by atoms with E-state index in [4.69, 9.17) is 5.73 Å². The summed E-state index contributed by atoms with van der Waals surface area (Å²) in [5.41, 5.74) is 6.51. The summed E-state index contributed by atoms with van der Waals surface area (Å²) in [6.07, 6.45) is 6.16. The number of fused-ring (bicyclic) bond motifs is 1. The number of halogens is 1. The van der Waals surface area contributed by atoms with Gasteiger partial charge in [0.05, 0.1) is 11.7 Å². The predicted molar refractivity (Wildman–Crippen MR) is 73.1 cm³/mol. The minimum absolute atomic E-state index is 0.266. The maximum Gasteiger partial charge on any atom is 0.140 e. The van der Waals surface area contributed by atoms with Crippen LogP contribution < -0.4 is 11.1 Å². The zero-order valence-electron chi connectivity index (χ0n) is 10.6. The highest BCUT2D eigenvalue weighted by molar-refractivity contribution is 5.69.